The smallest absolute Gasteiger partial charge is 0.0842 e. The van der Waals surface area contributed by atoms with E-state index in [4.69, 9.17) is 10.5 Å². The number of rotatable bonds is 3. The third-order valence-corrected chi connectivity index (χ3v) is 5.34. The summed E-state index contributed by atoms with van der Waals surface area (Å²) in [5.74, 6) is 3.20. The molecule has 0 bridgehead atoms. The highest BCUT2D eigenvalue weighted by Crippen LogP contribution is 2.34. The predicted octanol–water partition coefficient (Wildman–Crippen LogP) is 2.77. The van der Waals surface area contributed by atoms with Crippen molar-refractivity contribution in [3.05, 3.63) is 35.4 Å². The van der Waals surface area contributed by atoms with Crippen LogP contribution >= 0.6 is 11.8 Å². The maximum Gasteiger partial charge on any atom is 0.0842 e. The highest BCUT2D eigenvalue weighted by atomic mass is 32.2. The maximum atomic E-state index is 6.37. The summed E-state index contributed by atoms with van der Waals surface area (Å²) in [5, 5.41) is 0. The van der Waals surface area contributed by atoms with E-state index in [0.29, 0.717) is 5.92 Å². The van der Waals surface area contributed by atoms with Gasteiger partial charge in [-0.1, -0.05) is 24.3 Å². The molecule has 98 valence electrons. The molecule has 1 aromatic rings. The molecule has 1 aromatic carbocycles. The van der Waals surface area contributed by atoms with Crippen molar-refractivity contribution in [2.45, 2.75) is 31.4 Å². The lowest BCUT2D eigenvalue weighted by Gasteiger charge is -2.29. The van der Waals surface area contributed by atoms with Crippen LogP contribution in [0.2, 0.25) is 0 Å². The summed E-state index contributed by atoms with van der Waals surface area (Å²) in [6, 6.07) is 8.94. The molecule has 0 spiro atoms. The van der Waals surface area contributed by atoms with Gasteiger partial charge >= 0.3 is 0 Å². The van der Waals surface area contributed by atoms with Crippen LogP contribution in [0.5, 0.6) is 0 Å². The van der Waals surface area contributed by atoms with Gasteiger partial charge in [-0.15, -0.1) is 0 Å². The standard InChI is InChI=1S/C15H21NOS/c16-14(12-6-8-18-10-12)9-15-13-4-2-1-3-11(13)5-7-17-15/h1-4,12,14-15H,5-10,16H2. The summed E-state index contributed by atoms with van der Waals surface area (Å²) in [6.07, 6.45) is 3.51. The summed E-state index contributed by atoms with van der Waals surface area (Å²) in [6.45, 7) is 0.841. The van der Waals surface area contributed by atoms with Gasteiger partial charge in [-0.3, -0.25) is 0 Å². The van der Waals surface area contributed by atoms with Crippen LogP contribution < -0.4 is 5.73 Å². The van der Waals surface area contributed by atoms with Crippen LogP contribution in [0.3, 0.4) is 0 Å². The van der Waals surface area contributed by atoms with Crippen molar-refractivity contribution in [3.8, 4) is 0 Å². The van der Waals surface area contributed by atoms with Crippen LogP contribution in [0, 0.1) is 5.92 Å². The van der Waals surface area contributed by atoms with E-state index in [1.54, 1.807) is 0 Å². The minimum absolute atomic E-state index is 0.218. The SMILES string of the molecule is NC(CC1OCCc2ccccc21)C1CCSC1. The second-order valence-corrected chi connectivity index (χ2v) is 6.48. The van der Waals surface area contributed by atoms with E-state index >= 15 is 0 Å². The summed E-state index contributed by atoms with van der Waals surface area (Å²) >= 11 is 2.04. The number of hydrogen-bond donors (Lipinski definition) is 1. The molecule has 1 fully saturated rings. The lowest BCUT2D eigenvalue weighted by atomic mass is 9.89. The molecule has 2 heterocycles. The molecule has 0 radical (unpaired) electrons. The first-order chi connectivity index (χ1) is 8.84. The van der Waals surface area contributed by atoms with Crippen LogP contribution in [0.15, 0.2) is 24.3 Å². The van der Waals surface area contributed by atoms with E-state index in [1.165, 1.54) is 29.1 Å². The van der Waals surface area contributed by atoms with Crippen LogP contribution in [-0.2, 0) is 11.2 Å². The van der Waals surface area contributed by atoms with Gasteiger partial charge in [0.25, 0.3) is 0 Å². The molecule has 3 rings (SSSR count). The van der Waals surface area contributed by atoms with E-state index in [1.807, 2.05) is 11.8 Å². The molecule has 0 saturated carbocycles. The van der Waals surface area contributed by atoms with Crippen LogP contribution in [0.1, 0.15) is 30.1 Å². The summed E-state index contributed by atoms with van der Waals surface area (Å²) in [7, 11) is 0. The Morgan fingerprint density at radius 3 is 3.11 bits per heavy atom. The van der Waals surface area contributed by atoms with Crippen molar-refractivity contribution >= 4 is 11.8 Å². The Balaban J connectivity index is 1.70. The Kier molecular flexibility index (Phi) is 3.92. The molecule has 18 heavy (non-hydrogen) atoms. The zero-order valence-electron chi connectivity index (χ0n) is 10.7. The van der Waals surface area contributed by atoms with Crippen LogP contribution in [0.4, 0.5) is 0 Å². The lowest BCUT2D eigenvalue weighted by Crippen LogP contribution is -2.33. The third kappa shape index (κ3) is 2.58. The second-order valence-electron chi connectivity index (χ2n) is 5.33. The van der Waals surface area contributed by atoms with Crippen molar-refractivity contribution in [2.24, 2.45) is 11.7 Å². The van der Waals surface area contributed by atoms with Crippen molar-refractivity contribution < 1.29 is 4.74 Å². The second kappa shape index (κ2) is 5.64. The molecule has 0 amide bonds. The van der Waals surface area contributed by atoms with Crippen LogP contribution in [0.25, 0.3) is 0 Å². The van der Waals surface area contributed by atoms with Gasteiger partial charge in [-0.2, -0.15) is 11.8 Å². The highest BCUT2D eigenvalue weighted by molar-refractivity contribution is 7.99. The lowest BCUT2D eigenvalue weighted by molar-refractivity contribution is 0.0288. The van der Waals surface area contributed by atoms with Gasteiger partial charge in [0, 0.05) is 6.04 Å². The predicted molar refractivity (Wildman–Crippen MR) is 76.9 cm³/mol. The van der Waals surface area contributed by atoms with Gasteiger partial charge in [0.15, 0.2) is 0 Å². The molecule has 2 nitrogen and oxygen atoms in total. The van der Waals surface area contributed by atoms with Crippen molar-refractivity contribution in [2.75, 3.05) is 18.1 Å². The van der Waals surface area contributed by atoms with Gasteiger partial charge < -0.3 is 10.5 Å². The quantitative estimate of drug-likeness (QED) is 0.911. The number of ether oxygens (including phenoxy) is 1. The number of benzene rings is 1. The van der Waals surface area contributed by atoms with Crippen molar-refractivity contribution in [1.82, 2.24) is 0 Å². The molecule has 2 aliphatic rings. The van der Waals surface area contributed by atoms with E-state index < -0.39 is 0 Å². The fourth-order valence-corrected chi connectivity index (χ4v) is 4.35. The zero-order valence-corrected chi connectivity index (χ0v) is 11.5. The van der Waals surface area contributed by atoms with Gasteiger partial charge in [-0.25, -0.2) is 0 Å². The van der Waals surface area contributed by atoms with E-state index in [2.05, 4.69) is 24.3 Å². The number of nitrogens with two attached hydrogens (primary N) is 1. The molecule has 2 aliphatic heterocycles. The molecule has 3 unspecified atom stereocenters. The molecule has 1 saturated heterocycles. The third-order valence-electron chi connectivity index (χ3n) is 4.15. The van der Waals surface area contributed by atoms with Gasteiger partial charge in [0.05, 0.1) is 12.7 Å². The van der Waals surface area contributed by atoms with E-state index in [9.17, 15) is 0 Å². The van der Waals surface area contributed by atoms with Gasteiger partial charge in [0.1, 0.15) is 0 Å². The van der Waals surface area contributed by atoms with Crippen molar-refractivity contribution in [1.29, 1.82) is 0 Å². The number of hydrogen-bond acceptors (Lipinski definition) is 3. The zero-order chi connectivity index (χ0) is 12.4. The van der Waals surface area contributed by atoms with Crippen LogP contribution in [-0.4, -0.2) is 24.2 Å². The number of fused-ring (bicyclic) bond motifs is 1. The maximum absolute atomic E-state index is 6.37. The van der Waals surface area contributed by atoms with E-state index in [0.717, 1.165) is 19.4 Å². The van der Waals surface area contributed by atoms with Gasteiger partial charge in [-0.05, 0) is 47.8 Å². The largest absolute Gasteiger partial charge is 0.373 e. The Hall–Kier alpha value is -0.510. The number of thioether (sulfide) groups is 1. The summed E-state index contributed by atoms with van der Waals surface area (Å²) < 4.78 is 5.95. The topological polar surface area (TPSA) is 35.2 Å². The highest BCUT2D eigenvalue weighted by Gasteiger charge is 2.28. The summed E-state index contributed by atoms with van der Waals surface area (Å²) in [5.41, 5.74) is 9.19. The minimum Gasteiger partial charge on any atom is -0.373 e. The molecule has 0 aliphatic carbocycles. The molecular weight excluding hydrogens is 242 g/mol. The Bertz CT molecular complexity index is 403. The monoisotopic (exact) mass is 263 g/mol. The Morgan fingerprint density at radius 1 is 1.39 bits per heavy atom. The molecule has 2 N–H and O–H groups in total. The Morgan fingerprint density at radius 2 is 2.28 bits per heavy atom. The minimum atomic E-state index is 0.218. The molecule has 0 aromatic heterocycles. The van der Waals surface area contributed by atoms with E-state index in [-0.39, 0.29) is 12.1 Å². The average molecular weight is 263 g/mol. The molecule has 3 heteroatoms. The average Bonchev–Trinajstić information content (AvgIpc) is 2.93. The van der Waals surface area contributed by atoms with Crippen molar-refractivity contribution in [3.63, 3.8) is 0 Å². The molecular formula is C15H21NOS. The molecule has 3 atom stereocenters. The first-order valence-corrected chi connectivity index (χ1v) is 8.03. The fraction of sp³-hybridized carbons (Fsp3) is 0.600. The normalized spacial score (nSPS) is 28.9. The Labute approximate surface area is 113 Å². The first kappa shape index (κ1) is 12.5. The first-order valence-electron chi connectivity index (χ1n) is 6.87. The van der Waals surface area contributed by atoms with Gasteiger partial charge in [0.2, 0.25) is 0 Å². The summed E-state index contributed by atoms with van der Waals surface area (Å²) in [4.78, 5) is 0. The fourth-order valence-electron chi connectivity index (χ4n) is 3.00.